The summed E-state index contributed by atoms with van der Waals surface area (Å²) in [6.45, 7) is 2.20. The molecule has 0 aliphatic heterocycles. The molecule has 1 nitrogen and oxygen atoms in total. The van der Waals surface area contributed by atoms with Crippen molar-refractivity contribution < 1.29 is 0 Å². The third-order valence-corrected chi connectivity index (χ3v) is 4.53. The number of benzene rings is 1. The van der Waals surface area contributed by atoms with Gasteiger partial charge in [0.15, 0.2) is 0 Å². The number of fused-ring (bicyclic) bond motifs is 1. The molecule has 1 heteroatoms. The van der Waals surface area contributed by atoms with Crippen LogP contribution in [-0.4, -0.2) is 0 Å². The molecular weight excluding hydrogens is 194 g/mol. The average molecular weight is 215 g/mol. The second-order valence-electron chi connectivity index (χ2n) is 5.61. The third-order valence-electron chi connectivity index (χ3n) is 4.53. The highest BCUT2D eigenvalue weighted by Crippen LogP contribution is 2.56. The molecule has 3 unspecified atom stereocenters. The highest BCUT2D eigenvalue weighted by Gasteiger charge is 2.47. The Balaban J connectivity index is 1.75. The normalized spacial score (nSPS) is 33.5. The van der Waals surface area contributed by atoms with Gasteiger partial charge in [-0.2, -0.15) is 0 Å². The Morgan fingerprint density at radius 3 is 2.69 bits per heavy atom. The summed E-state index contributed by atoms with van der Waals surface area (Å²) in [4.78, 5) is 0. The molecule has 86 valence electrons. The van der Waals surface area contributed by atoms with Gasteiger partial charge in [-0.25, -0.2) is 0 Å². The molecule has 0 aromatic heterocycles. The zero-order valence-corrected chi connectivity index (χ0v) is 10.0. The SMILES string of the molecule is CCc1cccc(C(N)C2CC3CC3C2)c1. The van der Waals surface area contributed by atoms with Crippen molar-refractivity contribution in [3.8, 4) is 0 Å². The molecule has 2 aliphatic carbocycles. The summed E-state index contributed by atoms with van der Waals surface area (Å²) in [6, 6.07) is 9.13. The topological polar surface area (TPSA) is 26.0 Å². The molecule has 3 rings (SSSR count). The number of aryl methyl sites for hydroxylation is 1. The predicted molar refractivity (Wildman–Crippen MR) is 67.1 cm³/mol. The first-order valence-electron chi connectivity index (χ1n) is 6.62. The Labute approximate surface area is 98.0 Å². The van der Waals surface area contributed by atoms with Crippen LogP contribution in [0.15, 0.2) is 24.3 Å². The molecule has 2 aliphatic rings. The lowest BCUT2D eigenvalue weighted by Gasteiger charge is -2.21. The molecule has 0 bridgehead atoms. The van der Waals surface area contributed by atoms with E-state index in [0.717, 1.165) is 24.2 Å². The Hall–Kier alpha value is -0.820. The summed E-state index contributed by atoms with van der Waals surface area (Å²) >= 11 is 0. The van der Waals surface area contributed by atoms with E-state index in [1.165, 1.54) is 30.4 Å². The van der Waals surface area contributed by atoms with Gasteiger partial charge < -0.3 is 5.73 Å². The van der Waals surface area contributed by atoms with Crippen LogP contribution in [0.25, 0.3) is 0 Å². The van der Waals surface area contributed by atoms with Gasteiger partial charge in [-0.05, 0) is 54.6 Å². The molecule has 0 spiro atoms. The lowest BCUT2D eigenvalue weighted by Crippen LogP contribution is -2.20. The summed E-state index contributed by atoms with van der Waals surface area (Å²) in [6.07, 6.45) is 5.35. The minimum atomic E-state index is 0.277. The molecule has 0 heterocycles. The van der Waals surface area contributed by atoms with Crippen LogP contribution in [0.2, 0.25) is 0 Å². The van der Waals surface area contributed by atoms with Gasteiger partial charge in [-0.3, -0.25) is 0 Å². The summed E-state index contributed by atoms with van der Waals surface area (Å²) in [5, 5.41) is 0. The van der Waals surface area contributed by atoms with Crippen LogP contribution >= 0.6 is 0 Å². The Bertz CT molecular complexity index is 375. The van der Waals surface area contributed by atoms with Crippen molar-refractivity contribution in [2.24, 2.45) is 23.5 Å². The van der Waals surface area contributed by atoms with Crippen LogP contribution in [0.1, 0.15) is 43.4 Å². The second-order valence-corrected chi connectivity index (χ2v) is 5.61. The lowest BCUT2D eigenvalue weighted by molar-refractivity contribution is 0.404. The minimum Gasteiger partial charge on any atom is -0.324 e. The van der Waals surface area contributed by atoms with E-state index in [-0.39, 0.29) is 6.04 Å². The number of hydrogen-bond donors (Lipinski definition) is 1. The van der Waals surface area contributed by atoms with E-state index in [4.69, 9.17) is 5.73 Å². The fraction of sp³-hybridized carbons (Fsp3) is 0.600. The second kappa shape index (κ2) is 3.89. The maximum Gasteiger partial charge on any atom is 0.0323 e. The van der Waals surface area contributed by atoms with Gasteiger partial charge in [0.25, 0.3) is 0 Å². The molecule has 2 N–H and O–H groups in total. The van der Waals surface area contributed by atoms with E-state index >= 15 is 0 Å². The molecule has 3 atom stereocenters. The van der Waals surface area contributed by atoms with Crippen molar-refractivity contribution in [3.05, 3.63) is 35.4 Å². The molecule has 2 saturated carbocycles. The van der Waals surface area contributed by atoms with Crippen molar-refractivity contribution >= 4 is 0 Å². The van der Waals surface area contributed by atoms with Crippen LogP contribution in [0, 0.1) is 17.8 Å². The van der Waals surface area contributed by atoms with Gasteiger partial charge in [0, 0.05) is 6.04 Å². The van der Waals surface area contributed by atoms with Crippen LogP contribution in [0.4, 0.5) is 0 Å². The van der Waals surface area contributed by atoms with Crippen LogP contribution in [0.3, 0.4) is 0 Å². The fourth-order valence-corrected chi connectivity index (χ4v) is 3.35. The van der Waals surface area contributed by atoms with Crippen LogP contribution < -0.4 is 5.73 Å². The van der Waals surface area contributed by atoms with Crippen molar-refractivity contribution in [1.29, 1.82) is 0 Å². The molecule has 0 radical (unpaired) electrons. The first-order chi connectivity index (χ1) is 7.78. The molecule has 1 aromatic rings. The van der Waals surface area contributed by atoms with Crippen molar-refractivity contribution in [1.82, 2.24) is 0 Å². The van der Waals surface area contributed by atoms with E-state index in [0.29, 0.717) is 0 Å². The number of hydrogen-bond acceptors (Lipinski definition) is 1. The maximum absolute atomic E-state index is 6.41. The van der Waals surface area contributed by atoms with Crippen molar-refractivity contribution in [2.75, 3.05) is 0 Å². The summed E-state index contributed by atoms with van der Waals surface area (Å²) in [5.74, 6) is 2.81. The lowest BCUT2D eigenvalue weighted by atomic mass is 9.89. The van der Waals surface area contributed by atoms with Gasteiger partial charge in [0.1, 0.15) is 0 Å². The smallest absolute Gasteiger partial charge is 0.0323 e. The zero-order chi connectivity index (χ0) is 11.1. The van der Waals surface area contributed by atoms with Gasteiger partial charge in [-0.1, -0.05) is 31.2 Å². The van der Waals surface area contributed by atoms with E-state index < -0.39 is 0 Å². The number of nitrogens with two attached hydrogens (primary N) is 1. The maximum atomic E-state index is 6.41. The summed E-state index contributed by atoms with van der Waals surface area (Å²) < 4.78 is 0. The first-order valence-corrected chi connectivity index (χ1v) is 6.62. The van der Waals surface area contributed by atoms with Crippen LogP contribution in [0.5, 0.6) is 0 Å². The van der Waals surface area contributed by atoms with Gasteiger partial charge in [0.2, 0.25) is 0 Å². The standard InChI is InChI=1S/C15H21N/c1-2-10-4-3-5-11(6-10)15(16)14-8-12-7-13(12)9-14/h3-6,12-15H,2,7-9,16H2,1H3. The number of rotatable bonds is 3. The van der Waals surface area contributed by atoms with Crippen molar-refractivity contribution in [3.63, 3.8) is 0 Å². The van der Waals surface area contributed by atoms with Gasteiger partial charge in [0.05, 0.1) is 0 Å². The van der Waals surface area contributed by atoms with Gasteiger partial charge in [-0.15, -0.1) is 0 Å². The first kappa shape index (κ1) is 10.3. The summed E-state index contributed by atoms with van der Waals surface area (Å²) in [5.41, 5.74) is 9.17. The largest absolute Gasteiger partial charge is 0.324 e. The molecule has 0 amide bonds. The Kier molecular flexibility index (Phi) is 2.51. The zero-order valence-electron chi connectivity index (χ0n) is 10.0. The Morgan fingerprint density at radius 1 is 1.25 bits per heavy atom. The van der Waals surface area contributed by atoms with E-state index in [1.807, 2.05) is 0 Å². The fourth-order valence-electron chi connectivity index (χ4n) is 3.35. The highest BCUT2D eigenvalue weighted by atomic mass is 14.7. The average Bonchev–Trinajstić information content (AvgIpc) is 2.95. The van der Waals surface area contributed by atoms with E-state index in [9.17, 15) is 0 Å². The monoisotopic (exact) mass is 215 g/mol. The molecule has 2 fully saturated rings. The Morgan fingerprint density at radius 2 is 2.00 bits per heavy atom. The molecule has 16 heavy (non-hydrogen) atoms. The van der Waals surface area contributed by atoms with E-state index in [2.05, 4.69) is 31.2 Å². The molecule has 0 saturated heterocycles. The van der Waals surface area contributed by atoms with Crippen molar-refractivity contribution in [2.45, 2.75) is 38.6 Å². The van der Waals surface area contributed by atoms with Crippen LogP contribution in [-0.2, 0) is 6.42 Å². The summed E-state index contributed by atoms with van der Waals surface area (Å²) in [7, 11) is 0. The predicted octanol–water partition coefficient (Wildman–Crippen LogP) is 3.29. The highest BCUT2D eigenvalue weighted by molar-refractivity contribution is 5.27. The molecule has 1 aromatic carbocycles. The minimum absolute atomic E-state index is 0.277. The molecular formula is C15H21N. The van der Waals surface area contributed by atoms with Gasteiger partial charge >= 0.3 is 0 Å². The quantitative estimate of drug-likeness (QED) is 0.822. The third kappa shape index (κ3) is 1.78. The van der Waals surface area contributed by atoms with E-state index in [1.54, 1.807) is 0 Å².